The molecule has 1 heterocycles. The Morgan fingerprint density at radius 1 is 0.926 bits per heavy atom. The summed E-state index contributed by atoms with van der Waals surface area (Å²) in [6.45, 7) is 0.317. The summed E-state index contributed by atoms with van der Waals surface area (Å²) in [5.41, 5.74) is 0.0164. The van der Waals surface area contributed by atoms with Crippen molar-refractivity contribution in [2.75, 3.05) is 12.4 Å². The van der Waals surface area contributed by atoms with Crippen LogP contribution in [0.5, 0.6) is 17.4 Å². The first kappa shape index (κ1) is 18.5. The number of hydrogen-bond donors (Lipinski definition) is 1. The lowest BCUT2D eigenvalue weighted by Crippen LogP contribution is -2.06. The van der Waals surface area contributed by atoms with E-state index in [0.717, 1.165) is 12.1 Å². The Kier molecular flexibility index (Phi) is 5.44. The van der Waals surface area contributed by atoms with Crippen LogP contribution in [0.25, 0.3) is 0 Å². The van der Waals surface area contributed by atoms with Crippen molar-refractivity contribution >= 4 is 5.82 Å². The quantitative estimate of drug-likeness (QED) is 0.664. The number of alkyl halides is 3. The van der Waals surface area contributed by atoms with Crippen molar-refractivity contribution < 1.29 is 22.6 Å². The average Bonchev–Trinajstić information content (AvgIpc) is 2.67. The van der Waals surface area contributed by atoms with Gasteiger partial charge in [-0.1, -0.05) is 12.1 Å². The fourth-order valence-electron chi connectivity index (χ4n) is 2.26. The van der Waals surface area contributed by atoms with E-state index in [1.807, 2.05) is 0 Å². The number of aromatic nitrogens is 2. The van der Waals surface area contributed by atoms with Crippen LogP contribution >= 0.6 is 0 Å². The normalized spacial score (nSPS) is 11.1. The number of hydrogen-bond acceptors (Lipinski definition) is 5. The maximum absolute atomic E-state index is 12.6. The molecule has 3 aromatic rings. The SMILES string of the molecule is COc1ccc(Oc2cc(NCc3ccc(C(F)(F)F)cc3)ncn2)cc1. The van der Waals surface area contributed by atoms with Gasteiger partial charge in [0.05, 0.1) is 12.7 Å². The van der Waals surface area contributed by atoms with E-state index >= 15 is 0 Å². The molecule has 0 atom stereocenters. The Morgan fingerprint density at radius 3 is 2.22 bits per heavy atom. The second-order valence-electron chi connectivity index (χ2n) is 5.57. The number of anilines is 1. The minimum atomic E-state index is -4.34. The van der Waals surface area contributed by atoms with Gasteiger partial charge >= 0.3 is 6.18 Å². The Labute approximate surface area is 153 Å². The van der Waals surface area contributed by atoms with Gasteiger partial charge in [-0.3, -0.25) is 0 Å². The molecular weight excluding hydrogens is 359 g/mol. The molecule has 27 heavy (non-hydrogen) atoms. The summed E-state index contributed by atoms with van der Waals surface area (Å²) in [4.78, 5) is 8.12. The molecule has 8 heteroatoms. The monoisotopic (exact) mass is 375 g/mol. The molecule has 0 saturated carbocycles. The summed E-state index contributed by atoms with van der Waals surface area (Å²) >= 11 is 0. The molecule has 0 unspecified atom stereocenters. The number of nitrogens with zero attached hydrogens (tertiary/aromatic N) is 2. The highest BCUT2D eigenvalue weighted by atomic mass is 19.4. The zero-order valence-electron chi connectivity index (χ0n) is 14.3. The molecular formula is C19H16F3N3O2. The van der Waals surface area contributed by atoms with Gasteiger partial charge in [0.15, 0.2) is 0 Å². The van der Waals surface area contributed by atoms with E-state index < -0.39 is 11.7 Å². The second kappa shape index (κ2) is 7.94. The lowest BCUT2D eigenvalue weighted by atomic mass is 10.1. The lowest BCUT2D eigenvalue weighted by molar-refractivity contribution is -0.137. The average molecular weight is 375 g/mol. The van der Waals surface area contributed by atoms with Gasteiger partial charge in [-0.25, -0.2) is 9.97 Å². The van der Waals surface area contributed by atoms with E-state index in [-0.39, 0.29) is 0 Å². The molecule has 0 aliphatic carbocycles. The van der Waals surface area contributed by atoms with Crippen LogP contribution in [-0.4, -0.2) is 17.1 Å². The summed E-state index contributed by atoms with van der Waals surface area (Å²) in [7, 11) is 1.58. The zero-order valence-corrected chi connectivity index (χ0v) is 14.3. The Balaban J connectivity index is 1.61. The molecule has 0 saturated heterocycles. The molecule has 0 bridgehead atoms. The highest BCUT2D eigenvalue weighted by Gasteiger charge is 2.29. The van der Waals surface area contributed by atoms with Crippen LogP contribution in [0.1, 0.15) is 11.1 Å². The maximum atomic E-state index is 12.6. The van der Waals surface area contributed by atoms with E-state index in [4.69, 9.17) is 9.47 Å². The number of benzene rings is 2. The van der Waals surface area contributed by atoms with Gasteiger partial charge in [0.1, 0.15) is 23.6 Å². The third kappa shape index (κ3) is 5.10. The highest BCUT2D eigenvalue weighted by Crippen LogP contribution is 2.29. The zero-order chi connectivity index (χ0) is 19.3. The molecule has 3 rings (SSSR count). The van der Waals surface area contributed by atoms with Gasteiger partial charge in [-0.15, -0.1) is 0 Å². The van der Waals surface area contributed by atoms with Crippen LogP contribution in [0.3, 0.4) is 0 Å². The van der Waals surface area contributed by atoms with Gasteiger partial charge in [0.2, 0.25) is 5.88 Å². The first-order valence-corrected chi connectivity index (χ1v) is 7.98. The molecule has 0 aliphatic heterocycles. The van der Waals surface area contributed by atoms with Gasteiger partial charge in [-0.2, -0.15) is 13.2 Å². The van der Waals surface area contributed by atoms with Gasteiger partial charge < -0.3 is 14.8 Å². The maximum Gasteiger partial charge on any atom is 0.416 e. The summed E-state index contributed by atoms with van der Waals surface area (Å²) in [5.74, 6) is 2.13. The Hall–Kier alpha value is -3.29. The van der Waals surface area contributed by atoms with Crippen LogP contribution in [0.4, 0.5) is 19.0 Å². The summed E-state index contributed by atoms with van der Waals surface area (Å²) in [6, 6.07) is 13.6. The fourth-order valence-corrected chi connectivity index (χ4v) is 2.26. The minimum Gasteiger partial charge on any atom is -0.497 e. The minimum absolute atomic E-state index is 0.317. The second-order valence-corrected chi connectivity index (χ2v) is 5.57. The predicted octanol–water partition coefficient (Wildman–Crippen LogP) is 4.91. The van der Waals surface area contributed by atoms with Crippen LogP contribution in [-0.2, 0) is 12.7 Å². The van der Waals surface area contributed by atoms with Crippen molar-refractivity contribution in [1.29, 1.82) is 0 Å². The smallest absolute Gasteiger partial charge is 0.416 e. The number of methoxy groups -OCH3 is 1. The molecule has 0 amide bonds. The van der Waals surface area contributed by atoms with Crippen molar-refractivity contribution in [2.45, 2.75) is 12.7 Å². The predicted molar refractivity (Wildman–Crippen MR) is 93.9 cm³/mol. The van der Waals surface area contributed by atoms with Crippen LogP contribution in [0.15, 0.2) is 60.9 Å². The molecule has 0 fully saturated rings. The molecule has 0 spiro atoms. The topological polar surface area (TPSA) is 56.3 Å². The van der Waals surface area contributed by atoms with Crippen molar-refractivity contribution in [3.8, 4) is 17.4 Å². The molecule has 2 aromatic carbocycles. The van der Waals surface area contributed by atoms with Gasteiger partial charge in [0.25, 0.3) is 0 Å². The standard InChI is InChI=1S/C19H16F3N3O2/c1-26-15-6-8-16(9-7-15)27-18-10-17(24-12-25-18)23-11-13-2-4-14(5-3-13)19(20,21)22/h2-10,12H,11H2,1H3,(H,23,24,25). The van der Waals surface area contributed by atoms with E-state index in [9.17, 15) is 13.2 Å². The van der Waals surface area contributed by atoms with Gasteiger partial charge in [-0.05, 0) is 42.0 Å². The van der Waals surface area contributed by atoms with Crippen molar-refractivity contribution in [3.05, 3.63) is 72.1 Å². The first-order chi connectivity index (χ1) is 12.9. The largest absolute Gasteiger partial charge is 0.497 e. The molecule has 5 nitrogen and oxygen atoms in total. The fraction of sp³-hybridized carbons (Fsp3) is 0.158. The molecule has 1 aromatic heterocycles. The molecule has 1 N–H and O–H groups in total. The molecule has 0 aliphatic rings. The van der Waals surface area contributed by atoms with E-state index in [1.54, 1.807) is 37.4 Å². The molecule has 0 radical (unpaired) electrons. The summed E-state index contributed by atoms with van der Waals surface area (Å²) < 4.78 is 48.5. The van der Waals surface area contributed by atoms with Crippen LogP contribution in [0.2, 0.25) is 0 Å². The first-order valence-electron chi connectivity index (χ1n) is 7.98. The third-order valence-corrected chi connectivity index (χ3v) is 3.68. The Bertz CT molecular complexity index is 882. The van der Waals surface area contributed by atoms with Crippen molar-refractivity contribution in [3.63, 3.8) is 0 Å². The van der Waals surface area contributed by atoms with Crippen LogP contribution in [0, 0.1) is 0 Å². The lowest BCUT2D eigenvalue weighted by Gasteiger charge is -2.10. The van der Waals surface area contributed by atoms with E-state index in [0.29, 0.717) is 35.3 Å². The molecule has 140 valence electrons. The van der Waals surface area contributed by atoms with Crippen LogP contribution < -0.4 is 14.8 Å². The van der Waals surface area contributed by atoms with E-state index in [2.05, 4.69) is 15.3 Å². The van der Waals surface area contributed by atoms with Crippen molar-refractivity contribution in [1.82, 2.24) is 9.97 Å². The third-order valence-electron chi connectivity index (χ3n) is 3.68. The summed E-state index contributed by atoms with van der Waals surface area (Å²) in [5, 5.41) is 3.03. The number of nitrogens with one attached hydrogen (secondary N) is 1. The van der Waals surface area contributed by atoms with Crippen molar-refractivity contribution in [2.24, 2.45) is 0 Å². The van der Waals surface area contributed by atoms with E-state index in [1.165, 1.54) is 18.5 Å². The highest BCUT2D eigenvalue weighted by molar-refractivity contribution is 5.40. The number of halogens is 3. The number of rotatable bonds is 6. The van der Waals surface area contributed by atoms with Gasteiger partial charge in [0, 0.05) is 12.6 Å². The number of ether oxygens (including phenoxy) is 2. The Morgan fingerprint density at radius 2 is 1.59 bits per heavy atom. The summed E-state index contributed by atoms with van der Waals surface area (Å²) in [6.07, 6.45) is -3.00.